The molecule has 0 unspecified atom stereocenters. The van der Waals surface area contributed by atoms with Gasteiger partial charge in [0.1, 0.15) is 5.82 Å². The Bertz CT molecular complexity index is 552. The number of hydrogen-bond acceptors (Lipinski definition) is 2. The maximum Gasteiger partial charge on any atom is 0.419 e. The standard InChI is InChI=1S/C13H10F4N2/c14-12-2-1-10(7-11(12)13(15,16)17)19-8-9-3-5-18-6-4-9/h1-7,19H,8H2. The molecule has 0 aliphatic rings. The highest BCUT2D eigenvalue weighted by Crippen LogP contribution is 2.33. The average molecular weight is 270 g/mol. The Balaban J connectivity index is 2.14. The molecule has 0 atom stereocenters. The summed E-state index contributed by atoms with van der Waals surface area (Å²) in [7, 11) is 0. The van der Waals surface area contributed by atoms with Crippen molar-refractivity contribution in [2.75, 3.05) is 5.32 Å². The van der Waals surface area contributed by atoms with E-state index in [-0.39, 0.29) is 5.69 Å². The normalized spacial score (nSPS) is 11.4. The summed E-state index contributed by atoms with van der Waals surface area (Å²) in [5, 5.41) is 2.81. The molecule has 0 amide bonds. The molecule has 0 aliphatic heterocycles. The molecule has 2 aromatic rings. The van der Waals surface area contributed by atoms with Crippen LogP contribution in [0.2, 0.25) is 0 Å². The van der Waals surface area contributed by atoms with Gasteiger partial charge in [-0.2, -0.15) is 13.2 Å². The van der Waals surface area contributed by atoms with Crippen LogP contribution in [0, 0.1) is 5.82 Å². The maximum atomic E-state index is 13.1. The Morgan fingerprint density at radius 2 is 1.74 bits per heavy atom. The fraction of sp³-hybridized carbons (Fsp3) is 0.154. The minimum Gasteiger partial charge on any atom is -0.381 e. The van der Waals surface area contributed by atoms with E-state index in [4.69, 9.17) is 0 Å². The molecule has 0 bridgehead atoms. The van der Waals surface area contributed by atoms with E-state index in [1.807, 2.05) is 0 Å². The molecule has 19 heavy (non-hydrogen) atoms. The first-order valence-electron chi connectivity index (χ1n) is 5.46. The second-order valence-corrected chi connectivity index (χ2v) is 3.90. The van der Waals surface area contributed by atoms with Crippen molar-refractivity contribution in [3.63, 3.8) is 0 Å². The summed E-state index contributed by atoms with van der Waals surface area (Å²) in [6.07, 6.45) is -1.52. The van der Waals surface area contributed by atoms with Crippen LogP contribution in [-0.2, 0) is 12.7 Å². The highest BCUT2D eigenvalue weighted by molar-refractivity contribution is 5.47. The third kappa shape index (κ3) is 3.43. The molecular weight excluding hydrogens is 260 g/mol. The molecule has 0 saturated carbocycles. The quantitative estimate of drug-likeness (QED) is 0.857. The van der Waals surface area contributed by atoms with E-state index in [1.54, 1.807) is 24.5 Å². The molecule has 100 valence electrons. The summed E-state index contributed by atoms with van der Waals surface area (Å²) in [6.45, 7) is 0.339. The zero-order chi connectivity index (χ0) is 13.9. The predicted octanol–water partition coefficient (Wildman–Crippen LogP) is 3.85. The molecule has 6 heteroatoms. The maximum absolute atomic E-state index is 13.1. The number of pyridine rings is 1. The number of nitrogens with zero attached hydrogens (tertiary/aromatic N) is 1. The molecule has 2 nitrogen and oxygen atoms in total. The summed E-state index contributed by atoms with van der Waals surface area (Å²) in [6, 6.07) is 6.31. The van der Waals surface area contributed by atoms with Crippen LogP contribution in [0.3, 0.4) is 0 Å². The van der Waals surface area contributed by atoms with Gasteiger partial charge in [0.15, 0.2) is 0 Å². The van der Waals surface area contributed by atoms with Crippen molar-refractivity contribution in [2.24, 2.45) is 0 Å². The summed E-state index contributed by atoms with van der Waals surface area (Å²) in [4.78, 5) is 3.83. The number of anilines is 1. The smallest absolute Gasteiger partial charge is 0.381 e. The average Bonchev–Trinajstić information content (AvgIpc) is 2.37. The topological polar surface area (TPSA) is 24.9 Å². The first-order chi connectivity index (χ1) is 8.97. The van der Waals surface area contributed by atoms with Crippen molar-refractivity contribution in [1.82, 2.24) is 4.98 Å². The SMILES string of the molecule is Fc1ccc(NCc2ccncc2)cc1C(F)(F)F. The van der Waals surface area contributed by atoms with Crippen molar-refractivity contribution in [2.45, 2.75) is 12.7 Å². The van der Waals surface area contributed by atoms with Gasteiger partial charge in [-0.1, -0.05) is 0 Å². The van der Waals surface area contributed by atoms with Crippen LogP contribution < -0.4 is 5.32 Å². The third-order valence-electron chi connectivity index (χ3n) is 2.52. The number of hydrogen-bond donors (Lipinski definition) is 1. The monoisotopic (exact) mass is 270 g/mol. The molecule has 0 spiro atoms. The molecule has 0 aliphatic carbocycles. The van der Waals surface area contributed by atoms with Crippen molar-refractivity contribution < 1.29 is 17.6 Å². The van der Waals surface area contributed by atoms with Gasteiger partial charge in [-0.05, 0) is 35.9 Å². The molecule has 1 aromatic heterocycles. The van der Waals surface area contributed by atoms with E-state index in [1.165, 1.54) is 6.07 Å². The lowest BCUT2D eigenvalue weighted by Gasteiger charge is -2.11. The molecule has 0 fully saturated rings. The minimum absolute atomic E-state index is 0.213. The van der Waals surface area contributed by atoms with Crippen molar-refractivity contribution >= 4 is 5.69 Å². The van der Waals surface area contributed by atoms with E-state index in [2.05, 4.69) is 10.3 Å². The number of halogens is 4. The number of aromatic nitrogens is 1. The Labute approximate surface area is 107 Å². The molecule has 0 radical (unpaired) electrons. The number of rotatable bonds is 3. The molecule has 2 rings (SSSR count). The van der Waals surface area contributed by atoms with Crippen LogP contribution in [0.4, 0.5) is 23.2 Å². The van der Waals surface area contributed by atoms with Gasteiger partial charge in [-0.15, -0.1) is 0 Å². The van der Waals surface area contributed by atoms with E-state index in [9.17, 15) is 17.6 Å². The van der Waals surface area contributed by atoms with Gasteiger partial charge in [0.2, 0.25) is 0 Å². The zero-order valence-electron chi connectivity index (χ0n) is 9.71. The fourth-order valence-electron chi connectivity index (χ4n) is 1.56. The van der Waals surface area contributed by atoms with Crippen LogP contribution in [0.5, 0.6) is 0 Å². The first-order valence-corrected chi connectivity index (χ1v) is 5.46. The van der Waals surface area contributed by atoms with E-state index in [0.717, 1.165) is 17.7 Å². The number of benzene rings is 1. The lowest BCUT2D eigenvalue weighted by Crippen LogP contribution is -2.09. The Morgan fingerprint density at radius 3 is 2.37 bits per heavy atom. The third-order valence-corrected chi connectivity index (χ3v) is 2.52. The van der Waals surface area contributed by atoms with Crippen LogP contribution in [0.1, 0.15) is 11.1 Å². The molecule has 1 N–H and O–H groups in total. The van der Waals surface area contributed by atoms with Crippen molar-refractivity contribution in [1.29, 1.82) is 0 Å². The van der Waals surface area contributed by atoms with Crippen molar-refractivity contribution in [3.8, 4) is 0 Å². The first kappa shape index (κ1) is 13.3. The van der Waals surface area contributed by atoms with Crippen LogP contribution >= 0.6 is 0 Å². The lowest BCUT2D eigenvalue weighted by molar-refractivity contribution is -0.139. The van der Waals surface area contributed by atoms with Crippen LogP contribution in [-0.4, -0.2) is 4.98 Å². The van der Waals surface area contributed by atoms with E-state index in [0.29, 0.717) is 6.54 Å². The van der Waals surface area contributed by atoms with Crippen LogP contribution in [0.15, 0.2) is 42.7 Å². The molecule has 1 heterocycles. The van der Waals surface area contributed by atoms with Gasteiger partial charge >= 0.3 is 6.18 Å². The number of alkyl halides is 3. The summed E-state index contributed by atoms with van der Waals surface area (Å²) >= 11 is 0. The van der Waals surface area contributed by atoms with Gasteiger partial charge in [-0.25, -0.2) is 4.39 Å². The van der Waals surface area contributed by atoms with Crippen molar-refractivity contribution in [3.05, 3.63) is 59.7 Å². The Morgan fingerprint density at radius 1 is 1.05 bits per heavy atom. The molecular formula is C13H10F4N2. The molecule has 0 saturated heterocycles. The molecule has 1 aromatic carbocycles. The summed E-state index contributed by atoms with van der Waals surface area (Å²) in [5.74, 6) is -1.28. The largest absolute Gasteiger partial charge is 0.419 e. The highest BCUT2D eigenvalue weighted by Gasteiger charge is 2.34. The highest BCUT2D eigenvalue weighted by atomic mass is 19.4. The van der Waals surface area contributed by atoms with Gasteiger partial charge in [0, 0.05) is 24.6 Å². The summed E-state index contributed by atoms with van der Waals surface area (Å²) in [5.41, 5.74) is -0.189. The van der Waals surface area contributed by atoms with Crippen LogP contribution in [0.25, 0.3) is 0 Å². The van der Waals surface area contributed by atoms with E-state index < -0.39 is 17.6 Å². The summed E-state index contributed by atoms with van der Waals surface area (Å²) < 4.78 is 50.6. The minimum atomic E-state index is -4.70. The number of nitrogens with one attached hydrogen (secondary N) is 1. The van der Waals surface area contributed by atoms with Gasteiger partial charge in [-0.3, -0.25) is 4.98 Å². The Kier molecular flexibility index (Phi) is 3.69. The second kappa shape index (κ2) is 5.26. The fourth-order valence-corrected chi connectivity index (χ4v) is 1.56. The Hall–Kier alpha value is -2.11. The predicted molar refractivity (Wildman–Crippen MR) is 63.0 cm³/mol. The lowest BCUT2D eigenvalue weighted by atomic mass is 10.1. The zero-order valence-corrected chi connectivity index (χ0v) is 9.71. The second-order valence-electron chi connectivity index (χ2n) is 3.90. The van der Waals surface area contributed by atoms with Gasteiger partial charge in [0.25, 0.3) is 0 Å². The van der Waals surface area contributed by atoms with E-state index >= 15 is 0 Å². The van der Waals surface area contributed by atoms with Gasteiger partial charge in [0.05, 0.1) is 5.56 Å². The van der Waals surface area contributed by atoms with Gasteiger partial charge < -0.3 is 5.32 Å².